The number of halogens is 2. The molecule has 8 heteroatoms. The number of hydrogen-bond donors (Lipinski definition) is 0. The molecule has 1 aliphatic rings. The number of carbonyl (C=O) groups is 1. The van der Waals surface area contributed by atoms with E-state index in [0.29, 0.717) is 25.2 Å². The summed E-state index contributed by atoms with van der Waals surface area (Å²) < 4.78 is 28.8. The van der Waals surface area contributed by atoms with Crippen LogP contribution in [0.2, 0.25) is 0 Å². The monoisotopic (exact) mass is 452 g/mol. The van der Waals surface area contributed by atoms with Crippen molar-refractivity contribution in [1.29, 1.82) is 0 Å². The first-order chi connectivity index (χ1) is 15.5. The number of imidazole rings is 1. The van der Waals surface area contributed by atoms with Crippen molar-refractivity contribution in [2.24, 2.45) is 0 Å². The lowest BCUT2D eigenvalue weighted by atomic mass is 10.1. The molecule has 0 radical (unpaired) electrons. The van der Waals surface area contributed by atoms with Crippen molar-refractivity contribution < 1.29 is 13.6 Å². The SMILES string of the molecule is Cc1csc2nc(-c3ccc(F)cc3)c(CN3CCN(C(=O)c4ccc(F)cc4)CC3)n12. The summed E-state index contributed by atoms with van der Waals surface area (Å²) in [5.74, 6) is -0.689. The lowest BCUT2D eigenvalue weighted by molar-refractivity contribution is 0.0627. The number of hydrogen-bond acceptors (Lipinski definition) is 4. The van der Waals surface area contributed by atoms with Gasteiger partial charge in [-0.05, 0) is 55.5 Å². The third kappa shape index (κ3) is 3.91. The average Bonchev–Trinajstić information content (AvgIpc) is 3.35. The second-order valence-corrected chi connectivity index (χ2v) is 8.82. The molecule has 164 valence electrons. The number of amides is 1. The van der Waals surface area contributed by atoms with Crippen LogP contribution in [0.1, 0.15) is 21.7 Å². The Kier molecular flexibility index (Phi) is 5.48. The molecule has 0 bridgehead atoms. The van der Waals surface area contributed by atoms with Gasteiger partial charge in [0.2, 0.25) is 0 Å². The van der Waals surface area contributed by atoms with Crippen LogP contribution in [-0.4, -0.2) is 51.3 Å². The minimum absolute atomic E-state index is 0.0722. The predicted molar refractivity (Wildman–Crippen MR) is 121 cm³/mol. The van der Waals surface area contributed by atoms with Crippen molar-refractivity contribution in [2.75, 3.05) is 26.2 Å². The van der Waals surface area contributed by atoms with E-state index in [-0.39, 0.29) is 17.5 Å². The molecule has 0 spiro atoms. The third-order valence-corrected chi connectivity index (χ3v) is 6.81. The number of aryl methyl sites for hydroxylation is 1. The summed E-state index contributed by atoms with van der Waals surface area (Å²) in [5, 5.41) is 2.08. The van der Waals surface area contributed by atoms with Crippen LogP contribution < -0.4 is 0 Å². The van der Waals surface area contributed by atoms with Crippen molar-refractivity contribution >= 4 is 22.2 Å². The number of nitrogens with zero attached hydrogens (tertiary/aromatic N) is 4. The molecule has 2 aromatic heterocycles. The zero-order chi connectivity index (χ0) is 22.2. The van der Waals surface area contributed by atoms with E-state index in [1.54, 1.807) is 23.5 Å². The first-order valence-electron chi connectivity index (χ1n) is 10.5. The largest absolute Gasteiger partial charge is 0.336 e. The van der Waals surface area contributed by atoms with E-state index >= 15 is 0 Å². The molecule has 5 nitrogen and oxygen atoms in total. The second-order valence-electron chi connectivity index (χ2n) is 7.98. The fourth-order valence-corrected chi connectivity index (χ4v) is 5.03. The number of thiazole rings is 1. The molecule has 0 N–H and O–H groups in total. The summed E-state index contributed by atoms with van der Waals surface area (Å²) in [5.41, 5.74) is 4.45. The Hall–Kier alpha value is -3.10. The van der Waals surface area contributed by atoms with Crippen LogP contribution in [0.4, 0.5) is 8.78 Å². The topological polar surface area (TPSA) is 40.9 Å². The van der Waals surface area contributed by atoms with E-state index in [1.165, 1.54) is 36.4 Å². The second kappa shape index (κ2) is 8.44. The summed E-state index contributed by atoms with van der Waals surface area (Å²) in [6, 6.07) is 12.1. The summed E-state index contributed by atoms with van der Waals surface area (Å²) in [6.07, 6.45) is 0. The number of benzene rings is 2. The quantitative estimate of drug-likeness (QED) is 0.454. The van der Waals surface area contributed by atoms with E-state index in [1.807, 2.05) is 4.90 Å². The smallest absolute Gasteiger partial charge is 0.253 e. The summed E-state index contributed by atoms with van der Waals surface area (Å²) in [4.78, 5) is 22.6. The van der Waals surface area contributed by atoms with Gasteiger partial charge in [0.15, 0.2) is 4.96 Å². The minimum Gasteiger partial charge on any atom is -0.336 e. The van der Waals surface area contributed by atoms with Gasteiger partial charge in [-0.1, -0.05) is 0 Å². The van der Waals surface area contributed by atoms with Crippen molar-refractivity contribution in [2.45, 2.75) is 13.5 Å². The lowest BCUT2D eigenvalue weighted by Crippen LogP contribution is -2.48. The molecule has 32 heavy (non-hydrogen) atoms. The molecule has 0 atom stereocenters. The normalized spacial score (nSPS) is 14.9. The number of piperazine rings is 1. The highest BCUT2D eigenvalue weighted by molar-refractivity contribution is 7.15. The number of fused-ring (bicyclic) bond motifs is 1. The van der Waals surface area contributed by atoms with Gasteiger partial charge in [0.1, 0.15) is 11.6 Å². The first kappa shape index (κ1) is 20.8. The van der Waals surface area contributed by atoms with Gasteiger partial charge in [-0.3, -0.25) is 14.1 Å². The predicted octanol–water partition coefficient (Wildman–Crippen LogP) is 4.61. The van der Waals surface area contributed by atoms with Gasteiger partial charge in [-0.25, -0.2) is 13.8 Å². The van der Waals surface area contributed by atoms with Gasteiger partial charge >= 0.3 is 0 Å². The van der Waals surface area contributed by atoms with Crippen molar-refractivity contribution in [3.63, 3.8) is 0 Å². The van der Waals surface area contributed by atoms with Crippen LogP contribution in [0.25, 0.3) is 16.2 Å². The zero-order valence-electron chi connectivity index (χ0n) is 17.6. The van der Waals surface area contributed by atoms with E-state index < -0.39 is 0 Å². The van der Waals surface area contributed by atoms with E-state index in [2.05, 4.69) is 21.6 Å². The van der Waals surface area contributed by atoms with Crippen LogP contribution in [0.15, 0.2) is 53.9 Å². The van der Waals surface area contributed by atoms with Crippen molar-refractivity contribution in [3.8, 4) is 11.3 Å². The van der Waals surface area contributed by atoms with E-state index in [9.17, 15) is 13.6 Å². The Labute approximate surface area is 188 Å². The minimum atomic E-state index is -0.348. The van der Waals surface area contributed by atoms with Gasteiger partial charge in [-0.15, -0.1) is 11.3 Å². The molecule has 1 aliphatic heterocycles. The van der Waals surface area contributed by atoms with Crippen LogP contribution in [0, 0.1) is 18.6 Å². The molecular formula is C24H22F2N4OS. The third-order valence-electron chi connectivity index (χ3n) is 5.87. The van der Waals surface area contributed by atoms with Gasteiger partial charge in [-0.2, -0.15) is 0 Å². The molecule has 0 unspecified atom stereocenters. The number of carbonyl (C=O) groups excluding carboxylic acids is 1. The molecule has 0 saturated carbocycles. The van der Waals surface area contributed by atoms with Crippen LogP contribution in [0.5, 0.6) is 0 Å². The summed E-state index contributed by atoms with van der Waals surface area (Å²) >= 11 is 1.59. The van der Waals surface area contributed by atoms with Crippen LogP contribution in [0.3, 0.4) is 0 Å². The fourth-order valence-electron chi connectivity index (χ4n) is 4.15. The zero-order valence-corrected chi connectivity index (χ0v) is 18.4. The molecule has 2 aromatic carbocycles. The maximum absolute atomic E-state index is 13.4. The molecule has 1 saturated heterocycles. The molecule has 1 fully saturated rings. The van der Waals surface area contributed by atoms with E-state index in [0.717, 1.165) is 40.7 Å². The van der Waals surface area contributed by atoms with Crippen molar-refractivity contribution in [1.82, 2.24) is 19.2 Å². The Morgan fingerprint density at radius 3 is 2.25 bits per heavy atom. The van der Waals surface area contributed by atoms with Crippen molar-refractivity contribution in [3.05, 3.63) is 82.5 Å². The summed E-state index contributed by atoms with van der Waals surface area (Å²) in [6.45, 7) is 5.41. The number of aromatic nitrogens is 2. The Morgan fingerprint density at radius 2 is 1.59 bits per heavy atom. The molecule has 0 aliphatic carbocycles. The first-order valence-corrected chi connectivity index (χ1v) is 11.4. The van der Waals surface area contributed by atoms with Gasteiger partial charge in [0.25, 0.3) is 5.91 Å². The fraction of sp³-hybridized carbons (Fsp3) is 0.250. The lowest BCUT2D eigenvalue weighted by Gasteiger charge is -2.34. The highest BCUT2D eigenvalue weighted by Gasteiger charge is 2.25. The van der Waals surface area contributed by atoms with Gasteiger partial charge in [0.05, 0.1) is 11.4 Å². The van der Waals surface area contributed by atoms with Gasteiger partial charge in [0, 0.05) is 54.9 Å². The molecule has 4 aromatic rings. The molecular weight excluding hydrogens is 430 g/mol. The maximum Gasteiger partial charge on any atom is 0.253 e. The average molecular weight is 453 g/mol. The Balaban J connectivity index is 1.35. The van der Waals surface area contributed by atoms with E-state index in [4.69, 9.17) is 4.98 Å². The Bertz CT molecular complexity index is 1260. The summed E-state index contributed by atoms with van der Waals surface area (Å²) in [7, 11) is 0. The molecule has 1 amide bonds. The highest BCUT2D eigenvalue weighted by Crippen LogP contribution is 2.30. The van der Waals surface area contributed by atoms with Crippen LogP contribution in [-0.2, 0) is 6.54 Å². The highest BCUT2D eigenvalue weighted by atomic mass is 32.1. The number of rotatable bonds is 4. The van der Waals surface area contributed by atoms with Gasteiger partial charge < -0.3 is 4.90 Å². The molecule has 5 rings (SSSR count). The molecule has 3 heterocycles. The van der Waals surface area contributed by atoms with Crippen LogP contribution >= 0.6 is 11.3 Å². The Morgan fingerprint density at radius 1 is 0.969 bits per heavy atom. The standard InChI is InChI=1S/C24H22F2N4OS/c1-16-15-32-24-27-22(17-2-6-19(25)7-3-17)21(30(16)24)14-28-10-12-29(13-11-28)23(31)18-4-8-20(26)9-5-18/h2-9,15H,10-14H2,1H3. The maximum atomic E-state index is 13.4.